The van der Waals surface area contributed by atoms with Crippen LogP contribution >= 0.6 is 0 Å². The minimum Gasteiger partial charge on any atom is -0.295 e. The quantitative estimate of drug-likeness (QED) is 0.557. The van der Waals surface area contributed by atoms with Gasteiger partial charge >= 0.3 is 0 Å². The minimum atomic E-state index is 0.207. The molecule has 0 unspecified atom stereocenters. The van der Waals surface area contributed by atoms with E-state index >= 15 is 0 Å². The van der Waals surface area contributed by atoms with Crippen molar-refractivity contribution in [3.8, 4) is 0 Å². The second kappa shape index (κ2) is 2.46. The SMILES string of the molecule is CC1(C)CCC[C@@]2(C)CC(=O)C=C12. The average Bonchev–Trinajstić information content (AvgIpc) is 2.25. The lowest BCUT2D eigenvalue weighted by Crippen LogP contribution is -2.31. The predicted molar refractivity (Wildman–Crippen MR) is 53.4 cm³/mol. The summed E-state index contributed by atoms with van der Waals surface area (Å²) in [6, 6.07) is 0. The van der Waals surface area contributed by atoms with Crippen molar-refractivity contribution in [2.24, 2.45) is 10.8 Å². The van der Waals surface area contributed by atoms with Crippen molar-refractivity contribution >= 4 is 5.78 Å². The summed E-state index contributed by atoms with van der Waals surface area (Å²) in [4.78, 5) is 11.4. The highest BCUT2D eigenvalue weighted by Crippen LogP contribution is 2.55. The van der Waals surface area contributed by atoms with E-state index in [0.29, 0.717) is 5.78 Å². The molecule has 1 heteroatoms. The molecule has 2 rings (SSSR count). The highest BCUT2D eigenvalue weighted by Gasteiger charge is 2.45. The lowest BCUT2D eigenvalue weighted by molar-refractivity contribution is -0.115. The van der Waals surface area contributed by atoms with Gasteiger partial charge in [0.05, 0.1) is 0 Å². The fraction of sp³-hybridized carbons (Fsp3) is 0.750. The summed E-state index contributed by atoms with van der Waals surface area (Å²) >= 11 is 0. The van der Waals surface area contributed by atoms with E-state index < -0.39 is 0 Å². The molecule has 1 fully saturated rings. The molecule has 2 aliphatic carbocycles. The molecule has 0 N–H and O–H groups in total. The van der Waals surface area contributed by atoms with Crippen molar-refractivity contribution < 1.29 is 4.79 Å². The van der Waals surface area contributed by atoms with Crippen LogP contribution < -0.4 is 0 Å². The molecule has 1 saturated carbocycles. The summed E-state index contributed by atoms with van der Waals surface area (Å²) in [5.74, 6) is 0.340. The molecule has 0 aromatic rings. The molecule has 1 atom stereocenters. The largest absolute Gasteiger partial charge is 0.295 e. The molecule has 13 heavy (non-hydrogen) atoms. The number of ketones is 1. The molecule has 0 heterocycles. The molecule has 0 amide bonds. The van der Waals surface area contributed by atoms with Crippen LogP contribution in [0.25, 0.3) is 0 Å². The van der Waals surface area contributed by atoms with E-state index in [1.165, 1.54) is 24.8 Å². The standard InChI is InChI=1S/C12H18O/c1-11(2)5-4-6-12(3)8-9(13)7-10(11)12/h7H,4-6,8H2,1-3H3/t12-/m0/s1. The first kappa shape index (κ1) is 8.98. The molecule has 0 radical (unpaired) electrons. The molecule has 72 valence electrons. The maximum Gasteiger partial charge on any atom is 0.156 e. The van der Waals surface area contributed by atoms with Gasteiger partial charge in [-0.05, 0) is 29.7 Å². The van der Waals surface area contributed by atoms with Gasteiger partial charge in [0.25, 0.3) is 0 Å². The summed E-state index contributed by atoms with van der Waals surface area (Å²) in [7, 11) is 0. The van der Waals surface area contributed by atoms with Crippen molar-refractivity contribution in [3.05, 3.63) is 11.6 Å². The van der Waals surface area contributed by atoms with Crippen LogP contribution in [-0.2, 0) is 4.79 Å². The topological polar surface area (TPSA) is 17.1 Å². The first-order valence-electron chi connectivity index (χ1n) is 5.20. The first-order chi connectivity index (χ1) is 5.94. The zero-order valence-electron chi connectivity index (χ0n) is 8.81. The van der Waals surface area contributed by atoms with Gasteiger partial charge < -0.3 is 0 Å². The van der Waals surface area contributed by atoms with Crippen LogP contribution in [0, 0.1) is 10.8 Å². The van der Waals surface area contributed by atoms with Gasteiger partial charge in [-0.2, -0.15) is 0 Å². The molecular formula is C12H18O. The van der Waals surface area contributed by atoms with Gasteiger partial charge in [0.2, 0.25) is 0 Å². The van der Waals surface area contributed by atoms with Gasteiger partial charge in [-0.15, -0.1) is 0 Å². The lowest BCUT2D eigenvalue weighted by Gasteiger charge is -2.42. The van der Waals surface area contributed by atoms with Gasteiger partial charge in [-0.25, -0.2) is 0 Å². The Bertz CT molecular complexity index is 285. The molecule has 0 spiro atoms. The van der Waals surface area contributed by atoms with Crippen LogP contribution in [0.5, 0.6) is 0 Å². The maximum atomic E-state index is 11.4. The van der Waals surface area contributed by atoms with Crippen LogP contribution in [0.1, 0.15) is 46.5 Å². The molecule has 0 bridgehead atoms. The number of rotatable bonds is 0. The zero-order chi connectivity index (χ0) is 9.69. The Balaban J connectivity index is 2.42. The van der Waals surface area contributed by atoms with E-state index in [1.54, 1.807) is 0 Å². The third-order valence-electron chi connectivity index (χ3n) is 3.78. The van der Waals surface area contributed by atoms with E-state index in [2.05, 4.69) is 20.8 Å². The molecule has 0 aliphatic heterocycles. The Morgan fingerprint density at radius 2 is 1.92 bits per heavy atom. The normalized spacial score (nSPS) is 37.2. The van der Waals surface area contributed by atoms with Gasteiger partial charge in [0, 0.05) is 6.42 Å². The number of hydrogen-bond acceptors (Lipinski definition) is 1. The summed E-state index contributed by atoms with van der Waals surface area (Å²) in [6.07, 6.45) is 6.38. The third-order valence-corrected chi connectivity index (χ3v) is 3.78. The first-order valence-corrected chi connectivity index (χ1v) is 5.20. The molecule has 1 nitrogen and oxygen atoms in total. The fourth-order valence-corrected chi connectivity index (χ4v) is 3.16. The second-order valence-electron chi connectivity index (χ2n) is 5.50. The average molecular weight is 178 g/mol. The number of hydrogen-bond donors (Lipinski definition) is 0. The van der Waals surface area contributed by atoms with E-state index in [9.17, 15) is 4.79 Å². The van der Waals surface area contributed by atoms with Crippen LogP contribution in [0.2, 0.25) is 0 Å². The lowest BCUT2D eigenvalue weighted by atomic mass is 9.62. The highest BCUT2D eigenvalue weighted by molar-refractivity contribution is 5.94. The highest BCUT2D eigenvalue weighted by atomic mass is 16.1. The van der Waals surface area contributed by atoms with Gasteiger partial charge in [-0.3, -0.25) is 4.79 Å². The second-order valence-corrected chi connectivity index (χ2v) is 5.50. The van der Waals surface area contributed by atoms with Gasteiger partial charge in [0.15, 0.2) is 5.78 Å². The fourth-order valence-electron chi connectivity index (χ4n) is 3.16. The van der Waals surface area contributed by atoms with E-state index in [4.69, 9.17) is 0 Å². The Kier molecular flexibility index (Phi) is 1.70. The molecule has 2 aliphatic rings. The van der Waals surface area contributed by atoms with Crippen molar-refractivity contribution in [2.45, 2.75) is 46.5 Å². The Hall–Kier alpha value is -0.590. The zero-order valence-corrected chi connectivity index (χ0v) is 8.81. The molecule has 0 aromatic heterocycles. The Morgan fingerprint density at radius 1 is 1.23 bits per heavy atom. The van der Waals surface area contributed by atoms with Crippen LogP contribution in [0.3, 0.4) is 0 Å². The summed E-state index contributed by atoms with van der Waals surface area (Å²) < 4.78 is 0. The number of fused-ring (bicyclic) bond motifs is 1. The van der Waals surface area contributed by atoms with E-state index in [0.717, 1.165) is 6.42 Å². The van der Waals surface area contributed by atoms with Crippen molar-refractivity contribution in [3.63, 3.8) is 0 Å². The monoisotopic (exact) mass is 178 g/mol. The van der Waals surface area contributed by atoms with E-state index in [1.807, 2.05) is 6.08 Å². The van der Waals surface area contributed by atoms with Crippen molar-refractivity contribution in [1.82, 2.24) is 0 Å². The van der Waals surface area contributed by atoms with Gasteiger partial charge in [0.1, 0.15) is 0 Å². The number of allylic oxidation sites excluding steroid dienone is 2. The number of carbonyl (C=O) groups excluding carboxylic acids is 1. The third kappa shape index (κ3) is 1.25. The smallest absolute Gasteiger partial charge is 0.156 e. The summed E-state index contributed by atoms with van der Waals surface area (Å²) in [6.45, 7) is 6.80. The number of carbonyl (C=O) groups is 1. The van der Waals surface area contributed by atoms with Crippen molar-refractivity contribution in [2.75, 3.05) is 0 Å². The predicted octanol–water partition coefficient (Wildman–Crippen LogP) is 3.10. The maximum absolute atomic E-state index is 11.4. The van der Waals surface area contributed by atoms with E-state index in [-0.39, 0.29) is 10.8 Å². The van der Waals surface area contributed by atoms with Crippen LogP contribution in [0.15, 0.2) is 11.6 Å². The van der Waals surface area contributed by atoms with Crippen LogP contribution in [0.4, 0.5) is 0 Å². The van der Waals surface area contributed by atoms with Crippen molar-refractivity contribution in [1.29, 1.82) is 0 Å². The van der Waals surface area contributed by atoms with Crippen LogP contribution in [-0.4, -0.2) is 5.78 Å². The minimum absolute atomic E-state index is 0.207. The Morgan fingerprint density at radius 3 is 2.54 bits per heavy atom. The summed E-state index contributed by atoms with van der Waals surface area (Å²) in [5, 5.41) is 0. The molecule has 0 saturated heterocycles. The summed E-state index contributed by atoms with van der Waals surface area (Å²) in [5.41, 5.74) is 1.88. The Labute approximate surface area is 80.2 Å². The molecule has 0 aromatic carbocycles. The van der Waals surface area contributed by atoms with Gasteiger partial charge in [-0.1, -0.05) is 32.8 Å². The molecular weight excluding hydrogens is 160 g/mol.